The molecule has 1 aromatic heterocycles. The number of hydrogen-bond acceptors (Lipinski definition) is 4. The summed E-state index contributed by atoms with van der Waals surface area (Å²) in [6, 6.07) is 7.09. The van der Waals surface area contributed by atoms with Gasteiger partial charge in [-0.25, -0.2) is 4.39 Å². The van der Waals surface area contributed by atoms with Crippen molar-refractivity contribution >= 4 is 5.97 Å². The molecule has 1 unspecified atom stereocenters. The Morgan fingerprint density at radius 3 is 2.50 bits per heavy atom. The van der Waals surface area contributed by atoms with Crippen LogP contribution in [0.5, 0.6) is 0 Å². The van der Waals surface area contributed by atoms with E-state index in [-0.39, 0.29) is 29.1 Å². The molecule has 1 N–H and O–H groups in total. The number of hydrogen-bond donors (Lipinski definition) is 1. The van der Waals surface area contributed by atoms with E-state index in [0.717, 1.165) is 63.7 Å². The molecule has 2 aromatic rings. The van der Waals surface area contributed by atoms with E-state index in [1.165, 1.54) is 29.4 Å². The number of fused-ring (bicyclic) bond motifs is 2. The van der Waals surface area contributed by atoms with Crippen LogP contribution in [0.1, 0.15) is 95.2 Å². The molecule has 3 aliphatic rings. The highest BCUT2D eigenvalue weighted by atomic mass is 19.1. The van der Waals surface area contributed by atoms with Gasteiger partial charge in [0.05, 0.1) is 5.69 Å². The van der Waals surface area contributed by atoms with Crippen molar-refractivity contribution in [2.24, 2.45) is 11.8 Å². The molecule has 0 amide bonds. The van der Waals surface area contributed by atoms with Gasteiger partial charge in [0, 0.05) is 29.7 Å². The summed E-state index contributed by atoms with van der Waals surface area (Å²) in [5.74, 6) is -0.376. The molecule has 5 atom stereocenters. The number of aromatic nitrogens is 2. The van der Waals surface area contributed by atoms with Gasteiger partial charge in [0.2, 0.25) is 0 Å². The van der Waals surface area contributed by atoms with E-state index >= 15 is 0 Å². The first-order chi connectivity index (χ1) is 19.1. The molecule has 2 aliphatic carbocycles. The van der Waals surface area contributed by atoms with Crippen molar-refractivity contribution in [1.82, 2.24) is 19.6 Å². The van der Waals surface area contributed by atoms with E-state index in [0.29, 0.717) is 12.0 Å². The highest BCUT2D eigenvalue weighted by molar-refractivity contribution is 5.73. The summed E-state index contributed by atoms with van der Waals surface area (Å²) in [6.07, 6.45) is 7.53. The van der Waals surface area contributed by atoms with Crippen LogP contribution in [0.25, 0.3) is 0 Å². The van der Waals surface area contributed by atoms with Crippen LogP contribution in [0.15, 0.2) is 24.3 Å². The molecule has 1 aromatic carbocycles. The van der Waals surface area contributed by atoms with Crippen LogP contribution in [-0.4, -0.2) is 68.9 Å². The Bertz CT molecular complexity index is 1200. The maximum atomic E-state index is 14.4. The molecular weight excluding hydrogens is 503 g/mol. The Labute approximate surface area is 239 Å². The first-order valence-corrected chi connectivity index (χ1v) is 15.6. The average molecular weight is 553 g/mol. The highest BCUT2D eigenvalue weighted by Crippen LogP contribution is 2.50. The lowest BCUT2D eigenvalue weighted by Crippen LogP contribution is -2.49. The molecule has 1 spiro atoms. The topological polar surface area (TPSA) is 61.6 Å². The van der Waals surface area contributed by atoms with Crippen LogP contribution in [0, 0.1) is 17.7 Å². The summed E-state index contributed by atoms with van der Waals surface area (Å²) < 4.78 is 16.7. The third kappa shape index (κ3) is 5.13. The zero-order chi connectivity index (χ0) is 28.8. The number of likely N-dealkylation sites (N-methyl/N-ethyl adjacent to an activating group) is 1. The van der Waals surface area contributed by atoms with Crippen molar-refractivity contribution in [3.63, 3.8) is 0 Å². The summed E-state index contributed by atoms with van der Waals surface area (Å²) in [4.78, 5) is 16.9. The summed E-state index contributed by atoms with van der Waals surface area (Å²) in [5.41, 5.74) is 5.64. The van der Waals surface area contributed by atoms with E-state index in [9.17, 15) is 14.3 Å². The third-order valence-electron chi connectivity index (χ3n) is 10.8. The first kappa shape index (κ1) is 29.2. The van der Waals surface area contributed by atoms with Crippen molar-refractivity contribution in [2.45, 2.75) is 116 Å². The molecule has 1 aliphatic heterocycles. The van der Waals surface area contributed by atoms with Gasteiger partial charge >= 0.3 is 5.97 Å². The minimum atomic E-state index is -0.758. The van der Waals surface area contributed by atoms with Gasteiger partial charge in [-0.3, -0.25) is 14.4 Å². The fourth-order valence-electron chi connectivity index (χ4n) is 8.70. The molecule has 1 saturated carbocycles. The third-order valence-corrected chi connectivity index (χ3v) is 10.8. The Morgan fingerprint density at radius 1 is 1.18 bits per heavy atom. The molecule has 0 radical (unpaired) electrons. The van der Waals surface area contributed by atoms with E-state index in [1.807, 2.05) is 27.0 Å². The van der Waals surface area contributed by atoms with E-state index in [1.54, 1.807) is 6.07 Å². The molecule has 220 valence electrons. The predicted octanol–water partition coefficient (Wildman–Crippen LogP) is 5.88. The van der Waals surface area contributed by atoms with Crippen LogP contribution in [0.4, 0.5) is 4.39 Å². The van der Waals surface area contributed by atoms with Gasteiger partial charge in [-0.2, -0.15) is 5.10 Å². The molecule has 5 rings (SSSR count). The van der Waals surface area contributed by atoms with Crippen molar-refractivity contribution in [1.29, 1.82) is 0 Å². The smallest absolute Gasteiger partial charge is 0.321 e. The van der Waals surface area contributed by atoms with Crippen LogP contribution in [0.3, 0.4) is 0 Å². The normalized spacial score (nSPS) is 26.1. The lowest BCUT2D eigenvalue weighted by atomic mass is 9.75. The van der Waals surface area contributed by atoms with Gasteiger partial charge in [-0.1, -0.05) is 32.9 Å². The number of halogens is 1. The van der Waals surface area contributed by atoms with Gasteiger partial charge in [-0.15, -0.1) is 0 Å². The van der Waals surface area contributed by atoms with Gasteiger partial charge < -0.3 is 10.0 Å². The number of carboxylic acids is 1. The Morgan fingerprint density at radius 2 is 1.90 bits per heavy atom. The minimum Gasteiger partial charge on any atom is -0.480 e. The van der Waals surface area contributed by atoms with Crippen molar-refractivity contribution < 1.29 is 14.3 Å². The zero-order valence-corrected chi connectivity index (χ0v) is 25.4. The highest BCUT2D eigenvalue weighted by Gasteiger charge is 2.48. The summed E-state index contributed by atoms with van der Waals surface area (Å²) >= 11 is 0. The number of aryl methyl sites for hydroxylation is 2. The van der Waals surface area contributed by atoms with Gasteiger partial charge in [0.1, 0.15) is 11.9 Å². The quantitative estimate of drug-likeness (QED) is 0.421. The number of nitrogens with zero attached hydrogens (tertiary/aromatic N) is 4. The molecule has 2 fully saturated rings. The van der Waals surface area contributed by atoms with Crippen molar-refractivity contribution in [2.75, 3.05) is 20.1 Å². The number of benzene rings is 1. The van der Waals surface area contributed by atoms with Crippen molar-refractivity contribution in [3.8, 4) is 0 Å². The number of aliphatic carboxylic acids is 1. The summed E-state index contributed by atoms with van der Waals surface area (Å²) in [5, 5.41) is 15.0. The summed E-state index contributed by atoms with van der Waals surface area (Å²) in [6.45, 7) is 13.8. The first-order valence-electron chi connectivity index (χ1n) is 15.6. The lowest BCUT2D eigenvalue weighted by Gasteiger charge is -2.44. The van der Waals surface area contributed by atoms with Gasteiger partial charge in [-0.05, 0) is 120 Å². The SMILES string of the molecule is CCc1nn(CC)c2c1CCC21CCN(C(C)[C@H]2C[C@H](N(C)[C@@H](C(=O)O)C(C)C)C[C@@H]2c2cccc(F)c2)CC1. The second-order valence-electron chi connectivity index (χ2n) is 13.1. The molecule has 2 heterocycles. The van der Waals surface area contributed by atoms with Crippen LogP contribution < -0.4 is 0 Å². The predicted molar refractivity (Wildman–Crippen MR) is 157 cm³/mol. The molecular formula is C33H49FN4O2. The number of carbonyl (C=O) groups is 1. The van der Waals surface area contributed by atoms with Gasteiger partial charge in [0.25, 0.3) is 0 Å². The number of likely N-dealkylation sites (tertiary alicyclic amines) is 1. The van der Waals surface area contributed by atoms with Crippen LogP contribution in [-0.2, 0) is 29.6 Å². The Kier molecular flexibility index (Phi) is 8.45. The maximum Gasteiger partial charge on any atom is 0.321 e. The Balaban J connectivity index is 1.36. The lowest BCUT2D eigenvalue weighted by molar-refractivity contribution is -0.145. The number of carboxylic acid groups (broad SMARTS) is 1. The van der Waals surface area contributed by atoms with Crippen molar-refractivity contribution in [3.05, 3.63) is 52.6 Å². The molecule has 0 bridgehead atoms. The van der Waals surface area contributed by atoms with E-state index in [4.69, 9.17) is 5.10 Å². The minimum absolute atomic E-state index is 0.0194. The fourth-order valence-corrected chi connectivity index (χ4v) is 8.70. The fraction of sp³-hybridized carbons (Fsp3) is 0.697. The van der Waals surface area contributed by atoms with E-state index in [2.05, 4.69) is 41.3 Å². The second kappa shape index (κ2) is 11.6. The average Bonchev–Trinajstić information content (AvgIpc) is 3.62. The maximum absolute atomic E-state index is 14.4. The number of rotatable bonds is 9. The second-order valence-corrected chi connectivity index (χ2v) is 13.1. The largest absolute Gasteiger partial charge is 0.480 e. The van der Waals surface area contributed by atoms with Crippen LogP contribution >= 0.6 is 0 Å². The number of piperidine rings is 1. The van der Waals surface area contributed by atoms with Gasteiger partial charge in [0.15, 0.2) is 0 Å². The molecule has 1 saturated heterocycles. The Hall–Kier alpha value is -2.25. The van der Waals surface area contributed by atoms with Crippen LogP contribution in [0.2, 0.25) is 0 Å². The monoisotopic (exact) mass is 552 g/mol. The zero-order valence-electron chi connectivity index (χ0n) is 25.4. The summed E-state index contributed by atoms with van der Waals surface area (Å²) in [7, 11) is 1.98. The molecule has 7 heteroatoms. The molecule has 6 nitrogen and oxygen atoms in total. The van der Waals surface area contributed by atoms with E-state index < -0.39 is 12.0 Å². The molecule has 40 heavy (non-hydrogen) atoms. The standard InChI is InChI=1S/C33H49FN4O2/c1-7-29-26-12-13-33(31(26)38(8-2)35-29)14-16-37(17-15-33)22(5)27-19-25(36(6)30(21(3)4)32(39)40)20-28(27)23-10-9-11-24(34)18-23/h9-11,18,21-22,25,27-28,30H,7-8,12-17,19-20H2,1-6H3,(H,39,40)/t22?,25-,27+,28+,30+/m0/s1.